The molecule has 0 bridgehead atoms. The zero-order valence-electron chi connectivity index (χ0n) is 13.8. The van der Waals surface area contributed by atoms with Gasteiger partial charge < -0.3 is 15.4 Å². The summed E-state index contributed by atoms with van der Waals surface area (Å²) in [6.45, 7) is 5.59. The lowest BCUT2D eigenvalue weighted by Crippen LogP contribution is -2.38. The van der Waals surface area contributed by atoms with Crippen LogP contribution in [0.2, 0.25) is 0 Å². The number of hydrogen-bond donors (Lipinski definition) is 2. The number of rotatable bonds is 8. The first-order valence-electron chi connectivity index (χ1n) is 7.89. The summed E-state index contributed by atoms with van der Waals surface area (Å²) >= 11 is 0. The highest BCUT2D eigenvalue weighted by atomic mass is 16.5. The predicted molar refractivity (Wildman–Crippen MR) is 92.5 cm³/mol. The van der Waals surface area contributed by atoms with Crippen LogP contribution < -0.4 is 10.6 Å². The lowest BCUT2D eigenvalue weighted by Gasteiger charge is -2.10. The molecule has 1 heterocycles. The van der Waals surface area contributed by atoms with Crippen LogP contribution in [0.5, 0.6) is 0 Å². The zero-order valence-corrected chi connectivity index (χ0v) is 13.8. The van der Waals surface area contributed by atoms with Crippen LogP contribution in [0.15, 0.2) is 47.7 Å². The van der Waals surface area contributed by atoms with E-state index in [0.29, 0.717) is 13.2 Å². The van der Waals surface area contributed by atoms with Crippen LogP contribution in [0.1, 0.15) is 18.1 Å². The average Bonchev–Trinajstić information content (AvgIpc) is 3.02. The van der Waals surface area contributed by atoms with Gasteiger partial charge in [-0.3, -0.25) is 9.67 Å². The van der Waals surface area contributed by atoms with Crippen LogP contribution in [0, 0.1) is 0 Å². The van der Waals surface area contributed by atoms with Crippen molar-refractivity contribution in [3.8, 4) is 0 Å². The van der Waals surface area contributed by atoms with Crippen molar-refractivity contribution < 1.29 is 4.74 Å². The van der Waals surface area contributed by atoms with E-state index in [2.05, 4.69) is 32.9 Å². The Morgan fingerprint density at radius 2 is 2.04 bits per heavy atom. The van der Waals surface area contributed by atoms with Crippen molar-refractivity contribution in [2.45, 2.75) is 20.0 Å². The van der Waals surface area contributed by atoms with Gasteiger partial charge in [-0.05, 0) is 12.5 Å². The van der Waals surface area contributed by atoms with Gasteiger partial charge in [0.05, 0.1) is 19.3 Å². The molecule has 6 heteroatoms. The van der Waals surface area contributed by atoms with E-state index < -0.39 is 0 Å². The van der Waals surface area contributed by atoms with Crippen LogP contribution in [-0.4, -0.2) is 42.5 Å². The van der Waals surface area contributed by atoms with Gasteiger partial charge in [-0.1, -0.05) is 30.3 Å². The Kier molecular flexibility index (Phi) is 7.13. The van der Waals surface area contributed by atoms with E-state index in [1.165, 1.54) is 5.56 Å². The van der Waals surface area contributed by atoms with Gasteiger partial charge in [0, 0.05) is 38.5 Å². The topological polar surface area (TPSA) is 63.5 Å². The summed E-state index contributed by atoms with van der Waals surface area (Å²) in [5, 5.41) is 10.9. The molecule has 0 spiro atoms. The molecule has 0 fully saturated rings. The molecular weight excluding hydrogens is 290 g/mol. The molecular formula is C17H25N5O. The predicted octanol–water partition coefficient (Wildman–Crippen LogP) is 1.63. The molecule has 2 rings (SSSR count). The summed E-state index contributed by atoms with van der Waals surface area (Å²) in [4.78, 5) is 4.19. The minimum atomic E-state index is 0.673. The van der Waals surface area contributed by atoms with Crippen LogP contribution >= 0.6 is 0 Å². The summed E-state index contributed by atoms with van der Waals surface area (Å²) in [6, 6.07) is 10.3. The van der Waals surface area contributed by atoms with Gasteiger partial charge in [-0.25, -0.2) is 0 Å². The van der Waals surface area contributed by atoms with Gasteiger partial charge in [-0.2, -0.15) is 5.10 Å². The molecule has 6 nitrogen and oxygen atoms in total. The number of nitrogens with zero attached hydrogens (tertiary/aromatic N) is 3. The molecule has 0 aliphatic heterocycles. The summed E-state index contributed by atoms with van der Waals surface area (Å²) in [5.41, 5.74) is 2.36. The number of aliphatic imine (C=N–C) groups is 1. The van der Waals surface area contributed by atoms with Crippen LogP contribution in [0.25, 0.3) is 0 Å². The molecule has 1 aromatic carbocycles. The van der Waals surface area contributed by atoms with E-state index >= 15 is 0 Å². The Bertz CT molecular complexity index is 594. The summed E-state index contributed by atoms with van der Waals surface area (Å²) in [5.74, 6) is 0.764. The number of nitrogens with one attached hydrogen (secondary N) is 2. The second-order valence-corrected chi connectivity index (χ2v) is 5.08. The highest BCUT2D eigenvalue weighted by molar-refractivity contribution is 5.79. The van der Waals surface area contributed by atoms with Crippen LogP contribution in [-0.2, 0) is 17.8 Å². The highest BCUT2D eigenvalue weighted by Crippen LogP contribution is 2.03. The molecule has 124 valence electrons. The Morgan fingerprint density at radius 1 is 1.22 bits per heavy atom. The van der Waals surface area contributed by atoms with Crippen molar-refractivity contribution in [1.82, 2.24) is 20.4 Å². The molecule has 23 heavy (non-hydrogen) atoms. The lowest BCUT2D eigenvalue weighted by atomic mass is 10.2. The standard InChI is InChI=1S/C17H25N5O/c1-3-23-10-9-19-17(18-2)20-11-16-12-21-22(14-16)13-15-7-5-4-6-8-15/h4-8,12,14H,3,9-11,13H2,1-2H3,(H2,18,19,20). The summed E-state index contributed by atoms with van der Waals surface area (Å²) < 4.78 is 7.23. The first-order chi connectivity index (χ1) is 11.3. The molecule has 0 amide bonds. The Labute approximate surface area is 137 Å². The van der Waals surface area contributed by atoms with E-state index in [4.69, 9.17) is 4.74 Å². The molecule has 0 unspecified atom stereocenters. The average molecular weight is 315 g/mol. The first-order valence-corrected chi connectivity index (χ1v) is 7.89. The van der Waals surface area contributed by atoms with Gasteiger partial charge in [0.2, 0.25) is 0 Å². The molecule has 0 radical (unpaired) electrons. The summed E-state index contributed by atoms with van der Waals surface area (Å²) in [7, 11) is 1.76. The normalized spacial score (nSPS) is 11.5. The van der Waals surface area contributed by atoms with Crippen LogP contribution in [0.3, 0.4) is 0 Å². The number of hydrogen-bond acceptors (Lipinski definition) is 3. The Morgan fingerprint density at radius 3 is 2.78 bits per heavy atom. The van der Waals surface area contributed by atoms with E-state index in [-0.39, 0.29) is 0 Å². The van der Waals surface area contributed by atoms with Crippen molar-refractivity contribution in [2.75, 3.05) is 26.8 Å². The van der Waals surface area contributed by atoms with Gasteiger partial charge in [-0.15, -0.1) is 0 Å². The molecule has 0 atom stereocenters. The third-order valence-electron chi connectivity index (χ3n) is 3.30. The molecule has 0 saturated carbocycles. The monoisotopic (exact) mass is 315 g/mol. The second kappa shape index (κ2) is 9.63. The number of aromatic nitrogens is 2. The fourth-order valence-electron chi connectivity index (χ4n) is 2.15. The van der Waals surface area contributed by atoms with E-state index in [0.717, 1.165) is 31.2 Å². The molecule has 2 aromatic rings. The fourth-order valence-corrected chi connectivity index (χ4v) is 2.15. The molecule has 0 saturated heterocycles. The van der Waals surface area contributed by atoms with E-state index in [9.17, 15) is 0 Å². The van der Waals surface area contributed by atoms with Crippen LogP contribution in [0.4, 0.5) is 0 Å². The smallest absolute Gasteiger partial charge is 0.191 e. The molecule has 0 aliphatic carbocycles. The molecule has 1 aromatic heterocycles. The third kappa shape index (κ3) is 6.12. The van der Waals surface area contributed by atoms with E-state index in [1.807, 2.05) is 42.2 Å². The lowest BCUT2D eigenvalue weighted by molar-refractivity contribution is 0.152. The fraction of sp³-hybridized carbons (Fsp3) is 0.412. The Hall–Kier alpha value is -2.34. The van der Waals surface area contributed by atoms with Crippen molar-refractivity contribution in [2.24, 2.45) is 4.99 Å². The third-order valence-corrected chi connectivity index (χ3v) is 3.30. The molecule has 2 N–H and O–H groups in total. The summed E-state index contributed by atoms with van der Waals surface area (Å²) in [6.07, 6.45) is 3.93. The van der Waals surface area contributed by atoms with Crippen molar-refractivity contribution in [3.63, 3.8) is 0 Å². The van der Waals surface area contributed by atoms with Gasteiger partial charge in [0.15, 0.2) is 5.96 Å². The number of ether oxygens (including phenoxy) is 1. The minimum Gasteiger partial charge on any atom is -0.380 e. The van der Waals surface area contributed by atoms with Crippen molar-refractivity contribution in [3.05, 3.63) is 53.9 Å². The number of benzene rings is 1. The Balaban J connectivity index is 1.77. The maximum Gasteiger partial charge on any atom is 0.191 e. The zero-order chi connectivity index (χ0) is 16.3. The molecule has 0 aliphatic rings. The second-order valence-electron chi connectivity index (χ2n) is 5.08. The van der Waals surface area contributed by atoms with Crippen molar-refractivity contribution >= 4 is 5.96 Å². The highest BCUT2D eigenvalue weighted by Gasteiger charge is 2.02. The maximum atomic E-state index is 5.29. The van der Waals surface area contributed by atoms with Gasteiger partial charge >= 0.3 is 0 Å². The van der Waals surface area contributed by atoms with E-state index in [1.54, 1.807) is 7.05 Å². The van der Waals surface area contributed by atoms with Gasteiger partial charge in [0.1, 0.15) is 0 Å². The largest absolute Gasteiger partial charge is 0.380 e. The minimum absolute atomic E-state index is 0.673. The SMILES string of the molecule is CCOCCNC(=NC)NCc1cnn(Cc2ccccc2)c1. The maximum absolute atomic E-state index is 5.29. The van der Waals surface area contributed by atoms with Gasteiger partial charge in [0.25, 0.3) is 0 Å². The first kappa shape index (κ1) is 17.0. The van der Waals surface area contributed by atoms with Crippen molar-refractivity contribution in [1.29, 1.82) is 0 Å². The quantitative estimate of drug-likeness (QED) is 0.441. The number of guanidine groups is 1.